The van der Waals surface area contributed by atoms with Crippen molar-refractivity contribution in [2.45, 2.75) is 41.4 Å². The molecule has 0 bridgehead atoms. The van der Waals surface area contributed by atoms with Crippen molar-refractivity contribution < 1.29 is 55.3 Å². The van der Waals surface area contributed by atoms with E-state index in [4.69, 9.17) is 19.4 Å². The summed E-state index contributed by atoms with van der Waals surface area (Å²) in [6.07, 6.45) is -5.79. The van der Waals surface area contributed by atoms with E-state index < -0.39 is 39.1 Å². The van der Waals surface area contributed by atoms with Crippen LogP contribution in [0.15, 0.2) is 53.4 Å². The molecule has 2 aliphatic heterocycles. The van der Waals surface area contributed by atoms with E-state index in [0.717, 1.165) is 12.1 Å². The van der Waals surface area contributed by atoms with E-state index in [-0.39, 0.29) is 56.4 Å². The van der Waals surface area contributed by atoms with E-state index >= 15 is 0 Å². The number of hydrogen-bond acceptors (Lipinski definition) is 9. The van der Waals surface area contributed by atoms with E-state index in [0.29, 0.717) is 17.7 Å². The first-order chi connectivity index (χ1) is 18.9. The number of hydrogen-bond donors (Lipinski definition) is 2. The standard InChI is InChI=1S/C25H27F3N2O9S/c26-25(27,28)39-19-4-2-17(3-5-19)21-16-30(23(32)38-21)12-1-13-37-18-6-8-20(9-7-18)40(34,35)24(22(31)29-33)10-14-36-15-11-24/h2-9,21,33H,1,10-16H2,(H,29,31). The summed E-state index contributed by atoms with van der Waals surface area (Å²) in [5, 5.41) is 9.14. The maximum absolute atomic E-state index is 13.3. The number of halogens is 3. The molecule has 40 heavy (non-hydrogen) atoms. The molecule has 0 spiro atoms. The highest BCUT2D eigenvalue weighted by Gasteiger charge is 2.52. The van der Waals surface area contributed by atoms with Crippen LogP contribution in [-0.4, -0.2) is 74.5 Å². The number of alkyl halides is 3. The zero-order valence-corrected chi connectivity index (χ0v) is 21.9. The number of amides is 2. The maximum Gasteiger partial charge on any atom is 0.573 e. The minimum absolute atomic E-state index is 0.0579. The molecule has 0 radical (unpaired) electrons. The Kier molecular flexibility index (Phi) is 8.75. The third kappa shape index (κ3) is 6.42. The Balaban J connectivity index is 1.28. The first-order valence-corrected chi connectivity index (χ1v) is 13.7. The summed E-state index contributed by atoms with van der Waals surface area (Å²) >= 11 is 0. The van der Waals surface area contributed by atoms with Gasteiger partial charge in [-0.2, -0.15) is 0 Å². The lowest BCUT2D eigenvalue weighted by atomic mass is 9.98. The number of benzene rings is 2. The highest BCUT2D eigenvalue weighted by Crippen LogP contribution is 2.36. The second-order valence-corrected chi connectivity index (χ2v) is 11.4. The summed E-state index contributed by atoms with van der Waals surface area (Å²) in [6, 6.07) is 10.6. The van der Waals surface area contributed by atoms with Crippen LogP contribution >= 0.6 is 0 Å². The van der Waals surface area contributed by atoms with E-state index in [1.807, 2.05) is 0 Å². The molecule has 2 aromatic carbocycles. The highest BCUT2D eigenvalue weighted by molar-refractivity contribution is 7.93. The lowest BCUT2D eigenvalue weighted by molar-refractivity contribution is -0.274. The molecule has 15 heteroatoms. The largest absolute Gasteiger partial charge is 0.573 e. The molecule has 218 valence electrons. The minimum atomic E-state index is -4.80. The molecule has 2 aliphatic rings. The fourth-order valence-corrected chi connectivity index (χ4v) is 6.49. The number of rotatable bonds is 10. The Bertz CT molecular complexity index is 1300. The van der Waals surface area contributed by atoms with Gasteiger partial charge in [-0.15, -0.1) is 13.2 Å². The van der Waals surface area contributed by atoms with Gasteiger partial charge in [-0.3, -0.25) is 10.0 Å². The van der Waals surface area contributed by atoms with Crippen LogP contribution in [0.25, 0.3) is 0 Å². The Morgan fingerprint density at radius 2 is 1.70 bits per heavy atom. The molecule has 1 unspecified atom stereocenters. The first-order valence-electron chi connectivity index (χ1n) is 12.3. The Hall–Kier alpha value is -3.56. The number of ether oxygens (including phenoxy) is 4. The van der Waals surface area contributed by atoms with E-state index in [2.05, 4.69) is 4.74 Å². The average molecular weight is 589 g/mol. The molecule has 11 nitrogen and oxygen atoms in total. The number of cyclic esters (lactones) is 1. The number of sulfone groups is 1. The van der Waals surface area contributed by atoms with Crippen molar-refractivity contribution in [1.29, 1.82) is 0 Å². The average Bonchev–Trinajstić information content (AvgIpc) is 3.30. The lowest BCUT2D eigenvalue weighted by Gasteiger charge is -2.34. The number of nitrogens with one attached hydrogen (secondary N) is 1. The van der Waals surface area contributed by atoms with Gasteiger partial charge in [0.25, 0.3) is 5.91 Å². The minimum Gasteiger partial charge on any atom is -0.494 e. The highest BCUT2D eigenvalue weighted by atomic mass is 32.2. The van der Waals surface area contributed by atoms with E-state index in [9.17, 15) is 31.2 Å². The fraction of sp³-hybridized carbons (Fsp3) is 0.440. The van der Waals surface area contributed by atoms with Crippen LogP contribution in [0.1, 0.15) is 30.9 Å². The maximum atomic E-state index is 13.3. The monoisotopic (exact) mass is 588 g/mol. The van der Waals surface area contributed by atoms with Crippen molar-refractivity contribution >= 4 is 21.8 Å². The third-order valence-electron chi connectivity index (χ3n) is 6.68. The predicted octanol–water partition coefficient (Wildman–Crippen LogP) is 3.38. The molecule has 2 fully saturated rings. The molecule has 0 aliphatic carbocycles. The normalized spacial score (nSPS) is 19.1. The zero-order valence-electron chi connectivity index (χ0n) is 21.1. The molecule has 4 rings (SSSR count). The van der Waals surface area contributed by atoms with Crippen molar-refractivity contribution in [3.05, 3.63) is 54.1 Å². The van der Waals surface area contributed by atoms with Crippen LogP contribution in [0.3, 0.4) is 0 Å². The second-order valence-electron chi connectivity index (χ2n) is 9.16. The number of hydroxylamine groups is 1. The first kappa shape index (κ1) is 29.4. The van der Waals surface area contributed by atoms with Gasteiger partial charge in [-0.05, 0) is 61.2 Å². The van der Waals surface area contributed by atoms with Crippen LogP contribution in [0.2, 0.25) is 0 Å². The second kappa shape index (κ2) is 11.9. The van der Waals surface area contributed by atoms with Crippen molar-refractivity contribution in [2.75, 3.05) is 32.9 Å². The molecule has 0 aromatic heterocycles. The summed E-state index contributed by atoms with van der Waals surface area (Å²) in [4.78, 5) is 25.9. The van der Waals surface area contributed by atoms with E-state index in [1.54, 1.807) is 0 Å². The lowest BCUT2D eigenvalue weighted by Crippen LogP contribution is -2.54. The Morgan fingerprint density at radius 3 is 2.30 bits per heavy atom. The zero-order chi connectivity index (χ0) is 29.0. The fourth-order valence-electron chi connectivity index (χ4n) is 4.56. The quantitative estimate of drug-likeness (QED) is 0.243. The summed E-state index contributed by atoms with van der Waals surface area (Å²) in [5.74, 6) is -1.01. The molecule has 2 saturated heterocycles. The van der Waals surface area contributed by atoms with Crippen molar-refractivity contribution in [3.63, 3.8) is 0 Å². The van der Waals surface area contributed by atoms with Gasteiger partial charge in [-0.25, -0.2) is 18.7 Å². The topological polar surface area (TPSA) is 141 Å². The van der Waals surface area contributed by atoms with Crippen LogP contribution in [0.4, 0.5) is 18.0 Å². The smallest absolute Gasteiger partial charge is 0.494 e. The van der Waals surface area contributed by atoms with Crippen molar-refractivity contribution in [1.82, 2.24) is 10.4 Å². The summed E-state index contributed by atoms with van der Waals surface area (Å²) in [7, 11) is -4.16. The van der Waals surface area contributed by atoms with Gasteiger partial charge in [-0.1, -0.05) is 12.1 Å². The number of carbonyl (C=O) groups is 2. The molecule has 2 aromatic rings. The molecule has 0 saturated carbocycles. The van der Waals surface area contributed by atoms with Gasteiger partial charge in [0, 0.05) is 19.8 Å². The van der Waals surface area contributed by atoms with Gasteiger partial charge in [0.2, 0.25) is 0 Å². The van der Waals surface area contributed by atoms with Crippen LogP contribution in [-0.2, 0) is 24.1 Å². The third-order valence-corrected chi connectivity index (χ3v) is 9.19. The van der Waals surface area contributed by atoms with Gasteiger partial charge in [0.15, 0.2) is 14.6 Å². The predicted molar refractivity (Wildman–Crippen MR) is 130 cm³/mol. The summed E-state index contributed by atoms with van der Waals surface area (Å²) < 4.78 is 81.7. The molecular formula is C25H27F3N2O9S. The Morgan fingerprint density at radius 1 is 1.07 bits per heavy atom. The van der Waals surface area contributed by atoms with E-state index in [1.165, 1.54) is 46.8 Å². The Labute approximate surface area is 227 Å². The van der Waals surface area contributed by atoms with Gasteiger partial charge >= 0.3 is 12.5 Å². The number of carbonyl (C=O) groups excluding carboxylic acids is 2. The molecule has 2 N–H and O–H groups in total. The summed E-state index contributed by atoms with van der Waals surface area (Å²) in [6.45, 7) is 0.805. The van der Waals surface area contributed by atoms with Crippen molar-refractivity contribution in [3.8, 4) is 11.5 Å². The molecule has 2 amide bonds. The van der Waals surface area contributed by atoms with Crippen LogP contribution in [0, 0.1) is 0 Å². The number of nitrogens with zero attached hydrogens (tertiary/aromatic N) is 1. The summed E-state index contributed by atoms with van der Waals surface area (Å²) in [5.41, 5.74) is 1.99. The van der Waals surface area contributed by atoms with Crippen LogP contribution in [0.5, 0.6) is 11.5 Å². The molecule has 2 heterocycles. The molecular weight excluding hydrogens is 561 g/mol. The van der Waals surface area contributed by atoms with Gasteiger partial charge in [0.1, 0.15) is 17.6 Å². The van der Waals surface area contributed by atoms with Gasteiger partial charge < -0.3 is 23.8 Å². The van der Waals surface area contributed by atoms with Crippen molar-refractivity contribution in [2.24, 2.45) is 0 Å². The van der Waals surface area contributed by atoms with Crippen LogP contribution < -0.4 is 15.0 Å². The SMILES string of the molecule is O=C1OC(c2ccc(OC(F)(F)F)cc2)CN1CCCOc1ccc(S(=O)(=O)C2(C(=O)NO)CCOCC2)cc1. The molecule has 1 atom stereocenters. The van der Waals surface area contributed by atoms with Gasteiger partial charge in [0.05, 0.1) is 18.0 Å².